The molecular weight excluding hydrogens is 630 g/mol. The van der Waals surface area contributed by atoms with Gasteiger partial charge >= 0.3 is 0 Å². The molecule has 0 saturated carbocycles. The maximum atomic E-state index is 4.08. The van der Waals surface area contributed by atoms with Crippen LogP contribution in [0.1, 0.15) is 61.8 Å². The second kappa shape index (κ2) is 13.9. The van der Waals surface area contributed by atoms with Crippen molar-refractivity contribution in [1.29, 1.82) is 0 Å². The summed E-state index contributed by atoms with van der Waals surface area (Å²) in [7, 11) is 0. The highest BCUT2D eigenvalue weighted by Gasteiger charge is 2.06. The Kier molecular flexibility index (Phi) is 10.9. The van der Waals surface area contributed by atoms with Crippen molar-refractivity contribution in [2.75, 3.05) is 18.0 Å². The van der Waals surface area contributed by atoms with Crippen LogP contribution in [-0.2, 0) is 0 Å². The minimum Gasteiger partial charge on any atom is -0.372 e. The predicted octanol–water partition coefficient (Wildman–Crippen LogP) is 9.04. The highest BCUT2D eigenvalue weighted by atomic mass is 127. The molecular formula is C29H32I2N2. The first-order valence-corrected chi connectivity index (χ1v) is 13.9. The summed E-state index contributed by atoms with van der Waals surface area (Å²) in [6.45, 7) is 6.81. The lowest BCUT2D eigenvalue weighted by Gasteiger charge is -2.24. The molecule has 0 radical (unpaired) electrons. The summed E-state index contributed by atoms with van der Waals surface area (Å²) in [5.41, 5.74) is 6.21. The Morgan fingerprint density at radius 3 is 1.67 bits per heavy atom. The Labute approximate surface area is 226 Å². The molecule has 0 fully saturated rings. The third kappa shape index (κ3) is 8.25. The standard InChI is InChI=1S/C29H32I2N2/c1-3-5-19-33(20-6-4-2)27-13-9-23(10-14-27)7-11-25-21-29(31)26(22-28(25)30)12-8-24-15-17-32-18-16-24/h7-18,21-22H,3-6,19-20H2,1-2H3/b11-7+,12-8+. The largest absolute Gasteiger partial charge is 0.372 e. The molecule has 0 amide bonds. The number of hydrogen-bond acceptors (Lipinski definition) is 2. The first-order chi connectivity index (χ1) is 16.1. The molecule has 0 aliphatic carbocycles. The fraction of sp³-hybridized carbons (Fsp3) is 0.276. The molecule has 0 unspecified atom stereocenters. The van der Waals surface area contributed by atoms with Crippen molar-refractivity contribution in [3.8, 4) is 0 Å². The zero-order valence-corrected chi connectivity index (χ0v) is 23.8. The Hall–Kier alpha value is -1.67. The molecule has 2 aromatic carbocycles. The van der Waals surface area contributed by atoms with Gasteiger partial charge in [-0.3, -0.25) is 4.98 Å². The van der Waals surface area contributed by atoms with Gasteiger partial charge in [0.2, 0.25) is 0 Å². The lowest BCUT2D eigenvalue weighted by molar-refractivity contribution is 0.678. The molecule has 4 heteroatoms. The fourth-order valence-corrected chi connectivity index (χ4v) is 4.89. The van der Waals surface area contributed by atoms with Gasteiger partial charge in [0.1, 0.15) is 0 Å². The predicted molar refractivity (Wildman–Crippen MR) is 162 cm³/mol. The van der Waals surface area contributed by atoms with E-state index >= 15 is 0 Å². The summed E-state index contributed by atoms with van der Waals surface area (Å²) in [4.78, 5) is 6.61. The normalized spacial score (nSPS) is 11.5. The van der Waals surface area contributed by atoms with E-state index in [0.29, 0.717) is 0 Å². The molecule has 0 atom stereocenters. The van der Waals surface area contributed by atoms with Gasteiger partial charge in [0.05, 0.1) is 0 Å². The number of aromatic nitrogens is 1. The van der Waals surface area contributed by atoms with E-state index in [9.17, 15) is 0 Å². The van der Waals surface area contributed by atoms with Crippen LogP contribution in [0.4, 0.5) is 5.69 Å². The van der Waals surface area contributed by atoms with E-state index in [1.54, 1.807) is 0 Å². The van der Waals surface area contributed by atoms with E-state index in [0.717, 1.165) is 18.7 Å². The Balaban J connectivity index is 1.71. The second-order valence-electron chi connectivity index (χ2n) is 8.13. The number of nitrogens with zero attached hydrogens (tertiary/aromatic N) is 2. The van der Waals surface area contributed by atoms with Crippen molar-refractivity contribution in [3.63, 3.8) is 0 Å². The average molecular weight is 662 g/mol. The first-order valence-electron chi connectivity index (χ1n) is 11.7. The summed E-state index contributed by atoms with van der Waals surface area (Å²) in [5, 5.41) is 0. The first kappa shape index (κ1) is 25.9. The van der Waals surface area contributed by atoms with Gasteiger partial charge in [0, 0.05) is 38.3 Å². The lowest BCUT2D eigenvalue weighted by Crippen LogP contribution is -2.25. The van der Waals surface area contributed by atoms with Crippen LogP contribution in [0, 0.1) is 7.14 Å². The minimum absolute atomic E-state index is 1.14. The van der Waals surface area contributed by atoms with Gasteiger partial charge in [-0.2, -0.15) is 0 Å². The van der Waals surface area contributed by atoms with E-state index in [2.05, 4.69) is 130 Å². The molecule has 3 aromatic rings. The molecule has 0 N–H and O–H groups in total. The van der Waals surface area contributed by atoms with E-state index in [1.807, 2.05) is 24.5 Å². The van der Waals surface area contributed by atoms with Crippen LogP contribution in [0.25, 0.3) is 24.3 Å². The third-order valence-corrected chi connectivity index (χ3v) is 7.42. The van der Waals surface area contributed by atoms with E-state index in [-0.39, 0.29) is 0 Å². The lowest BCUT2D eigenvalue weighted by atomic mass is 10.1. The molecule has 0 spiro atoms. The summed E-state index contributed by atoms with van der Waals surface area (Å²) in [5.74, 6) is 0. The van der Waals surface area contributed by atoms with Crippen molar-refractivity contribution >= 4 is 75.2 Å². The number of unbranched alkanes of at least 4 members (excludes halogenated alkanes) is 2. The monoisotopic (exact) mass is 662 g/mol. The van der Waals surface area contributed by atoms with Crippen molar-refractivity contribution in [3.05, 3.63) is 90.3 Å². The highest BCUT2D eigenvalue weighted by molar-refractivity contribution is 14.1. The number of hydrogen-bond donors (Lipinski definition) is 0. The number of anilines is 1. The van der Waals surface area contributed by atoms with Crippen molar-refractivity contribution in [2.24, 2.45) is 0 Å². The van der Waals surface area contributed by atoms with Gasteiger partial charge in [-0.25, -0.2) is 0 Å². The maximum Gasteiger partial charge on any atom is 0.0366 e. The molecule has 1 aromatic heterocycles. The van der Waals surface area contributed by atoms with Gasteiger partial charge in [-0.1, -0.05) is 63.1 Å². The van der Waals surface area contributed by atoms with Crippen molar-refractivity contribution < 1.29 is 0 Å². The molecule has 3 rings (SSSR count). The van der Waals surface area contributed by atoms with E-state index in [4.69, 9.17) is 0 Å². The van der Waals surface area contributed by atoms with Crippen LogP contribution in [0.15, 0.2) is 60.9 Å². The number of rotatable bonds is 11. The molecule has 0 aliphatic rings. The SMILES string of the molecule is CCCCN(CCCC)c1ccc(/C=C/c2cc(I)c(/C=C/c3ccncc3)cc2I)cc1. The van der Waals surface area contributed by atoms with E-state index in [1.165, 1.54) is 55.2 Å². The molecule has 172 valence electrons. The van der Waals surface area contributed by atoms with Crippen LogP contribution in [0.3, 0.4) is 0 Å². The molecule has 0 bridgehead atoms. The number of pyridine rings is 1. The smallest absolute Gasteiger partial charge is 0.0366 e. The van der Waals surface area contributed by atoms with Gasteiger partial charge in [0.15, 0.2) is 0 Å². The Bertz CT molecular complexity index is 1050. The van der Waals surface area contributed by atoms with Crippen molar-refractivity contribution in [2.45, 2.75) is 39.5 Å². The summed E-state index contributed by atoms with van der Waals surface area (Å²) in [6.07, 6.45) is 17.4. The average Bonchev–Trinajstić information content (AvgIpc) is 2.84. The minimum atomic E-state index is 1.14. The molecule has 1 heterocycles. The molecule has 2 nitrogen and oxygen atoms in total. The maximum absolute atomic E-state index is 4.08. The Morgan fingerprint density at radius 1 is 0.697 bits per heavy atom. The second-order valence-corrected chi connectivity index (χ2v) is 10.5. The van der Waals surface area contributed by atoms with Gasteiger partial charge in [0.25, 0.3) is 0 Å². The summed E-state index contributed by atoms with van der Waals surface area (Å²) < 4.78 is 2.50. The summed E-state index contributed by atoms with van der Waals surface area (Å²) >= 11 is 4.86. The van der Waals surface area contributed by atoms with Crippen molar-refractivity contribution in [1.82, 2.24) is 4.98 Å². The van der Waals surface area contributed by atoms with Gasteiger partial charge < -0.3 is 4.90 Å². The van der Waals surface area contributed by atoms with Crippen LogP contribution >= 0.6 is 45.2 Å². The topological polar surface area (TPSA) is 16.1 Å². The molecule has 0 saturated heterocycles. The van der Waals surface area contributed by atoms with Crippen LogP contribution in [-0.4, -0.2) is 18.1 Å². The zero-order valence-electron chi connectivity index (χ0n) is 19.5. The quantitative estimate of drug-likeness (QED) is 0.151. The number of halogens is 2. The fourth-order valence-electron chi connectivity index (χ4n) is 3.54. The van der Waals surface area contributed by atoms with Crippen LogP contribution in [0.5, 0.6) is 0 Å². The van der Waals surface area contributed by atoms with Gasteiger partial charge in [-0.15, -0.1) is 0 Å². The molecule has 0 aliphatic heterocycles. The third-order valence-electron chi connectivity index (χ3n) is 5.55. The molecule has 33 heavy (non-hydrogen) atoms. The zero-order chi connectivity index (χ0) is 23.5. The summed E-state index contributed by atoms with van der Waals surface area (Å²) in [6, 6.07) is 17.6. The Morgan fingerprint density at radius 2 is 1.18 bits per heavy atom. The van der Waals surface area contributed by atoms with Crippen LogP contribution < -0.4 is 4.90 Å². The van der Waals surface area contributed by atoms with Gasteiger partial charge in [-0.05, 0) is 117 Å². The van der Waals surface area contributed by atoms with Crippen LogP contribution in [0.2, 0.25) is 0 Å². The number of benzene rings is 2. The highest BCUT2D eigenvalue weighted by Crippen LogP contribution is 2.25. The van der Waals surface area contributed by atoms with E-state index < -0.39 is 0 Å².